The summed E-state index contributed by atoms with van der Waals surface area (Å²) in [5.41, 5.74) is 0. The molecule has 2 aliphatic rings. The Morgan fingerprint density at radius 3 is 2.65 bits per heavy atom. The molecule has 3 heterocycles. The van der Waals surface area contributed by atoms with Crippen molar-refractivity contribution in [2.24, 2.45) is 0 Å². The summed E-state index contributed by atoms with van der Waals surface area (Å²) in [5, 5.41) is 0.566. The van der Waals surface area contributed by atoms with Gasteiger partial charge in [0.1, 0.15) is 6.61 Å². The third-order valence-corrected chi connectivity index (χ3v) is 5.32. The predicted octanol–water partition coefficient (Wildman–Crippen LogP) is 0.553. The maximum absolute atomic E-state index is 12.4. The van der Waals surface area contributed by atoms with E-state index in [2.05, 4.69) is 9.97 Å². The quantitative estimate of drug-likeness (QED) is 0.415. The molecular formula is C16H20N4O5S. The smallest absolute Gasteiger partial charge is 0.410 e. The minimum atomic E-state index is -0.703. The van der Waals surface area contributed by atoms with Crippen LogP contribution in [0.15, 0.2) is 23.6 Å². The number of methoxy groups -OCH3 is 1. The van der Waals surface area contributed by atoms with Gasteiger partial charge in [0.2, 0.25) is 5.91 Å². The molecular weight excluding hydrogens is 360 g/mol. The first kappa shape index (κ1) is 18.4. The summed E-state index contributed by atoms with van der Waals surface area (Å²) in [4.78, 5) is 47.5. The first-order valence-electron chi connectivity index (χ1n) is 8.30. The van der Waals surface area contributed by atoms with Crippen molar-refractivity contribution in [2.75, 3.05) is 32.6 Å². The van der Waals surface area contributed by atoms with Crippen LogP contribution < -0.4 is 0 Å². The number of nitrogens with zero attached hydrogens (tertiary/aromatic N) is 4. The molecule has 1 unspecified atom stereocenters. The maximum atomic E-state index is 12.4. The lowest BCUT2D eigenvalue weighted by Crippen LogP contribution is -2.52. The number of carbonyl (C=O) groups excluding carboxylic acids is 3. The molecule has 10 heteroatoms. The van der Waals surface area contributed by atoms with E-state index in [1.807, 2.05) is 0 Å². The number of hydrogen-bond acceptors (Lipinski definition) is 8. The number of thioether (sulfide) groups is 1. The zero-order valence-corrected chi connectivity index (χ0v) is 15.2. The van der Waals surface area contributed by atoms with Crippen molar-refractivity contribution < 1.29 is 23.9 Å². The van der Waals surface area contributed by atoms with Gasteiger partial charge >= 0.3 is 12.1 Å². The molecule has 0 bridgehead atoms. The van der Waals surface area contributed by atoms with Gasteiger partial charge in [-0.2, -0.15) is 0 Å². The summed E-state index contributed by atoms with van der Waals surface area (Å²) < 4.78 is 9.75. The van der Waals surface area contributed by atoms with Crippen LogP contribution >= 0.6 is 11.8 Å². The SMILES string of the molecule is COC(=O)C1COC(=O)N1C1CCN(C(=O)CSc2ncccn2)CC1. The van der Waals surface area contributed by atoms with Crippen LogP contribution in [0.25, 0.3) is 0 Å². The van der Waals surface area contributed by atoms with Gasteiger partial charge in [-0.25, -0.2) is 19.6 Å². The molecule has 2 saturated heterocycles. The Morgan fingerprint density at radius 2 is 2.00 bits per heavy atom. The van der Waals surface area contributed by atoms with Gasteiger partial charge in [-0.15, -0.1) is 0 Å². The number of esters is 1. The Hall–Kier alpha value is -2.36. The summed E-state index contributed by atoms with van der Waals surface area (Å²) in [6, 6.07) is 0.885. The molecule has 1 atom stereocenters. The molecule has 0 N–H and O–H groups in total. The van der Waals surface area contributed by atoms with Crippen molar-refractivity contribution in [1.82, 2.24) is 19.8 Å². The van der Waals surface area contributed by atoms with Crippen LogP contribution in [0.3, 0.4) is 0 Å². The highest BCUT2D eigenvalue weighted by molar-refractivity contribution is 7.99. The summed E-state index contributed by atoms with van der Waals surface area (Å²) in [6.45, 7) is 1.06. The number of hydrogen-bond donors (Lipinski definition) is 0. The molecule has 9 nitrogen and oxygen atoms in total. The lowest BCUT2D eigenvalue weighted by molar-refractivity contribution is -0.146. The lowest BCUT2D eigenvalue weighted by atomic mass is 10.0. The van der Waals surface area contributed by atoms with E-state index >= 15 is 0 Å². The lowest BCUT2D eigenvalue weighted by Gasteiger charge is -2.37. The van der Waals surface area contributed by atoms with Gasteiger partial charge in [-0.05, 0) is 18.9 Å². The number of piperidine rings is 1. The van der Waals surface area contributed by atoms with Crippen LogP contribution in [-0.2, 0) is 19.1 Å². The van der Waals surface area contributed by atoms with Crippen LogP contribution in [-0.4, -0.2) is 82.4 Å². The highest BCUT2D eigenvalue weighted by Gasteiger charge is 2.44. The van der Waals surface area contributed by atoms with Crippen LogP contribution in [0.5, 0.6) is 0 Å². The van der Waals surface area contributed by atoms with E-state index in [9.17, 15) is 14.4 Å². The second-order valence-corrected chi connectivity index (χ2v) is 6.90. The third kappa shape index (κ3) is 4.06. The van der Waals surface area contributed by atoms with Gasteiger partial charge in [0.15, 0.2) is 11.2 Å². The molecule has 2 aliphatic heterocycles. The summed E-state index contributed by atoms with van der Waals surface area (Å²) >= 11 is 1.30. The van der Waals surface area contributed by atoms with Gasteiger partial charge in [0, 0.05) is 31.5 Å². The van der Waals surface area contributed by atoms with Crippen molar-refractivity contribution in [3.8, 4) is 0 Å². The highest BCUT2D eigenvalue weighted by atomic mass is 32.2. The zero-order chi connectivity index (χ0) is 18.5. The largest absolute Gasteiger partial charge is 0.467 e. The third-order valence-electron chi connectivity index (χ3n) is 4.46. The van der Waals surface area contributed by atoms with E-state index in [1.54, 1.807) is 23.4 Å². The monoisotopic (exact) mass is 380 g/mol. The van der Waals surface area contributed by atoms with Gasteiger partial charge in [-0.1, -0.05) is 11.8 Å². The first-order chi connectivity index (χ1) is 12.6. The topological polar surface area (TPSA) is 102 Å². The number of likely N-dealkylation sites (tertiary alicyclic amines) is 1. The first-order valence-corrected chi connectivity index (χ1v) is 9.29. The molecule has 0 aromatic carbocycles. The number of rotatable bonds is 5. The highest BCUT2D eigenvalue weighted by Crippen LogP contribution is 2.25. The maximum Gasteiger partial charge on any atom is 0.410 e. The number of amides is 2. The van der Waals surface area contributed by atoms with Crippen molar-refractivity contribution in [1.29, 1.82) is 0 Å². The van der Waals surface area contributed by atoms with E-state index < -0.39 is 18.1 Å². The van der Waals surface area contributed by atoms with Crippen molar-refractivity contribution in [3.05, 3.63) is 18.5 Å². The molecule has 26 heavy (non-hydrogen) atoms. The zero-order valence-electron chi connectivity index (χ0n) is 14.4. The van der Waals surface area contributed by atoms with E-state index in [0.29, 0.717) is 31.1 Å². The van der Waals surface area contributed by atoms with Crippen LogP contribution in [0.2, 0.25) is 0 Å². The Bertz CT molecular complexity index is 666. The number of cyclic esters (lactones) is 1. The van der Waals surface area contributed by atoms with E-state index in [-0.39, 0.29) is 24.3 Å². The molecule has 0 aliphatic carbocycles. The van der Waals surface area contributed by atoms with Crippen molar-refractivity contribution >= 4 is 29.7 Å². The van der Waals surface area contributed by atoms with E-state index in [0.717, 1.165) is 0 Å². The van der Waals surface area contributed by atoms with Gasteiger partial charge in [-0.3, -0.25) is 9.69 Å². The van der Waals surface area contributed by atoms with E-state index in [1.165, 1.54) is 23.8 Å². The Kier molecular flexibility index (Phi) is 5.92. The predicted molar refractivity (Wildman–Crippen MR) is 91.3 cm³/mol. The summed E-state index contributed by atoms with van der Waals surface area (Å²) in [7, 11) is 1.29. The molecule has 2 amide bonds. The minimum Gasteiger partial charge on any atom is -0.467 e. The molecule has 0 radical (unpaired) electrons. The average Bonchev–Trinajstić information content (AvgIpc) is 3.08. The number of ether oxygens (including phenoxy) is 2. The molecule has 1 aromatic heterocycles. The molecule has 2 fully saturated rings. The molecule has 140 valence electrons. The summed E-state index contributed by atoms with van der Waals surface area (Å²) in [5.74, 6) is -0.200. The van der Waals surface area contributed by atoms with Crippen LogP contribution in [0.1, 0.15) is 12.8 Å². The van der Waals surface area contributed by atoms with E-state index in [4.69, 9.17) is 9.47 Å². The fourth-order valence-electron chi connectivity index (χ4n) is 3.12. The minimum absolute atomic E-state index is 0.00872. The van der Waals surface area contributed by atoms with Crippen LogP contribution in [0.4, 0.5) is 4.79 Å². The second kappa shape index (κ2) is 8.35. The summed E-state index contributed by atoms with van der Waals surface area (Å²) in [6.07, 6.45) is 3.97. The van der Waals surface area contributed by atoms with Crippen molar-refractivity contribution in [3.63, 3.8) is 0 Å². The number of carbonyl (C=O) groups is 3. The molecule has 0 saturated carbocycles. The second-order valence-electron chi connectivity index (χ2n) is 5.96. The average molecular weight is 380 g/mol. The van der Waals surface area contributed by atoms with Gasteiger partial charge in [0.05, 0.1) is 12.9 Å². The Morgan fingerprint density at radius 1 is 1.31 bits per heavy atom. The standard InChI is InChI=1S/C16H20N4O5S/c1-24-14(22)12-9-25-16(23)20(12)11-3-7-19(8-4-11)13(21)10-26-15-17-5-2-6-18-15/h2,5-6,11-12H,3-4,7-10H2,1H3. The molecule has 1 aromatic rings. The van der Waals surface area contributed by atoms with Gasteiger partial charge < -0.3 is 14.4 Å². The Balaban J connectivity index is 1.51. The number of aromatic nitrogens is 2. The van der Waals surface area contributed by atoms with Crippen molar-refractivity contribution in [2.45, 2.75) is 30.1 Å². The van der Waals surface area contributed by atoms with Gasteiger partial charge in [0.25, 0.3) is 0 Å². The fourth-order valence-corrected chi connectivity index (χ4v) is 3.83. The Labute approximate surface area is 155 Å². The fraction of sp³-hybridized carbons (Fsp3) is 0.562. The molecule has 3 rings (SSSR count). The normalized spacial score (nSPS) is 20.8. The van der Waals surface area contributed by atoms with Crippen LogP contribution in [0, 0.1) is 0 Å². The molecule has 0 spiro atoms.